The third kappa shape index (κ3) is 2.14. The summed E-state index contributed by atoms with van der Waals surface area (Å²) in [7, 11) is 0. The van der Waals surface area contributed by atoms with Crippen LogP contribution in [0.5, 0.6) is 0 Å². The second kappa shape index (κ2) is 4.49. The number of benzene rings is 1. The van der Waals surface area contributed by atoms with Crippen LogP contribution in [0.1, 0.15) is 18.3 Å². The first-order chi connectivity index (χ1) is 7.68. The van der Waals surface area contributed by atoms with Crippen molar-refractivity contribution in [3.63, 3.8) is 0 Å². The normalized spacial score (nSPS) is 12.7. The van der Waals surface area contributed by atoms with Crippen molar-refractivity contribution in [3.8, 4) is 5.69 Å². The number of nitrogens with zero attached hydrogens (tertiary/aromatic N) is 2. The molecule has 0 saturated heterocycles. The van der Waals surface area contributed by atoms with Crippen LogP contribution in [0, 0.1) is 6.92 Å². The summed E-state index contributed by atoms with van der Waals surface area (Å²) in [5.74, 6) is 1.02. The van der Waals surface area contributed by atoms with Crippen LogP contribution in [0.25, 0.3) is 5.69 Å². The summed E-state index contributed by atoms with van der Waals surface area (Å²) in [6.07, 6.45) is 4.60. The Kier molecular flexibility index (Phi) is 3.06. The summed E-state index contributed by atoms with van der Waals surface area (Å²) in [6.45, 7) is 4.10. The first-order valence-electron chi connectivity index (χ1n) is 5.52. The van der Waals surface area contributed by atoms with E-state index in [1.54, 1.807) is 0 Å². The average Bonchev–Trinajstić information content (AvgIpc) is 2.66. The Morgan fingerprint density at radius 2 is 2.12 bits per heavy atom. The Balaban J connectivity index is 2.41. The van der Waals surface area contributed by atoms with Gasteiger partial charge in [-0.1, -0.05) is 18.2 Å². The molecule has 2 N–H and O–H groups in total. The minimum atomic E-state index is 0.130. The van der Waals surface area contributed by atoms with Crippen LogP contribution in [-0.2, 0) is 6.42 Å². The molecule has 0 aliphatic rings. The number of para-hydroxylation sites is 1. The van der Waals surface area contributed by atoms with Gasteiger partial charge in [-0.05, 0) is 25.5 Å². The molecule has 0 aliphatic carbocycles. The number of hydrogen-bond donors (Lipinski definition) is 1. The number of imidazole rings is 1. The topological polar surface area (TPSA) is 43.8 Å². The maximum absolute atomic E-state index is 5.82. The molecule has 3 nitrogen and oxygen atoms in total. The number of nitrogens with two attached hydrogens (primary N) is 1. The Hall–Kier alpha value is -1.61. The molecular formula is C13H17N3. The molecule has 2 aromatic rings. The highest BCUT2D eigenvalue weighted by Crippen LogP contribution is 2.15. The molecule has 1 aromatic heterocycles. The van der Waals surface area contributed by atoms with E-state index < -0.39 is 0 Å². The predicted molar refractivity (Wildman–Crippen MR) is 65.7 cm³/mol. The van der Waals surface area contributed by atoms with Gasteiger partial charge in [0.2, 0.25) is 0 Å². The van der Waals surface area contributed by atoms with Gasteiger partial charge in [0.1, 0.15) is 5.82 Å². The Bertz CT molecular complexity index is 472. The highest BCUT2D eigenvalue weighted by atomic mass is 15.1. The van der Waals surface area contributed by atoms with Crippen LogP contribution in [0.4, 0.5) is 0 Å². The molecule has 1 aromatic carbocycles. The fraction of sp³-hybridized carbons (Fsp3) is 0.308. The minimum absolute atomic E-state index is 0.130. The molecule has 1 unspecified atom stereocenters. The van der Waals surface area contributed by atoms with Gasteiger partial charge in [0.05, 0.1) is 0 Å². The van der Waals surface area contributed by atoms with Gasteiger partial charge in [0, 0.05) is 30.5 Å². The summed E-state index contributed by atoms with van der Waals surface area (Å²) in [4.78, 5) is 4.36. The maximum Gasteiger partial charge on any atom is 0.114 e. The molecule has 0 amide bonds. The van der Waals surface area contributed by atoms with Gasteiger partial charge in [-0.2, -0.15) is 0 Å². The lowest BCUT2D eigenvalue weighted by molar-refractivity contribution is 0.691. The summed E-state index contributed by atoms with van der Waals surface area (Å²) in [6, 6.07) is 8.41. The molecular weight excluding hydrogens is 198 g/mol. The summed E-state index contributed by atoms with van der Waals surface area (Å²) >= 11 is 0. The molecule has 1 atom stereocenters. The molecule has 2 rings (SSSR count). The van der Waals surface area contributed by atoms with E-state index in [2.05, 4.69) is 28.6 Å². The second-order valence-electron chi connectivity index (χ2n) is 4.18. The van der Waals surface area contributed by atoms with Gasteiger partial charge in [-0.25, -0.2) is 4.98 Å². The number of hydrogen-bond acceptors (Lipinski definition) is 2. The van der Waals surface area contributed by atoms with Gasteiger partial charge in [0.15, 0.2) is 0 Å². The van der Waals surface area contributed by atoms with Crippen LogP contribution in [0.2, 0.25) is 0 Å². The molecule has 16 heavy (non-hydrogen) atoms. The SMILES string of the molecule is Cc1ccccc1-n1ccnc1CC(C)N. The van der Waals surface area contributed by atoms with Crippen molar-refractivity contribution in [2.75, 3.05) is 0 Å². The zero-order valence-corrected chi connectivity index (χ0v) is 9.72. The van der Waals surface area contributed by atoms with E-state index in [0.29, 0.717) is 0 Å². The van der Waals surface area contributed by atoms with E-state index in [0.717, 1.165) is 12.2 Å². The number of aromatic nitrogens is 2. The van der Waals surface area contributed by atoms with Gasteiger partial charge in [0.25, 0.3) is 0 Å². The lowest BCUT2D eigenvalue weighted by Crippen LogP contribution is -2.20. The molecule has 0 aliphatic heterocycles. The molecule has 84 valence electrons. The predicted octanol–water partition coefficient (Wildman–Crippen LogP) is 2.07. The standard InChI is InChI=1S/C13H17N3/c1-10-5-3-4-6-12(10)16-8-7-15-13(16)9-11(2)14/h3-8,11H,9,14H2,1-2H3. The Morgan fingerprint density at radius 3 is 2.81 bits per heavy atom. The van der Waals surface area contributed by atoms with E-state index in [9.17, 15) is 0 Å². The zero-order valence-electron chi connectivity index (χ0n) is 9.72. The fourth-order valence-electron chi connectivity index (χ4n) is 1.83. The van der Waals surface area contributed by atoms with Gasteiger partial charge >= 0.3 is 0 Å². The maximum atomic E-state index is 5.82. The number of rotatable bonds is 3. The zero-order chi connectivity index (χ0) is 11.5. The monoisotopic (exact) mass is 215 g/mol. The summed E-state index contributed by atoms with van der Waals surface area (Å²) < 4.78 is 2.11. The van der Waals surface area contributed by atoms with Crippen LogP contribution in [0.15, 0.2) is 36.7 Å². The molecule has 0 fully saturated rings. The summed E-state index contributed by atoms with van der Waals surface area (Å²) in [5.41, 5.74) is 8.23. The third-order valence-corrected chi connectivity index (χ3v) is 2.60. The van der Waals surface area contributed by atoms with E-state index in [-0.39, 0.29) is 6.04 Å². The Morgan fingerprint density at radius 1 is 1.38 bits per heavy atom. The van der Waals surface area contributed by atoms with E-state index in [1.807, 2.05) is 31.5 Å². The van der Waals surface area contributed by atoms with Crippen molar-refractivity contribution < 1.29 is 0 Å². The second-order valence-corrected chi connectivity index (χ2v) is 4.18. The lowest BCUT2D eigenvalue weighted by Gasteiger charge is -2.11. The Labute approximate surface area is 95.9 Å². The van der Waals surface area contributed by atoms with Crippen LogP contribution in [0.3, 0.4) is 0 Å². The molecule has 0 radical (unpaired) electrons. The van der Waals surface area contributed by atoms with Crippen molar-refractivity contribution in [3.05, 3.63) is 48.0 Å². The highest BCUT2D eigenvalue weighted by Gasteiger charge is 2.08. The smallest absolute Gasteiger partial charge is 0.114 e. The van der Waals surface area contributed by atoms with Gasteiger partial charge < -0.3 is 10.3 Å². The number of aryl methyl sites for hydroxylation is 1. The first-order valence-corrected chi connectivity index (χ1v) is 5.52. The van der Waals surface area contributed by atoms with Gasteiger partial charge in [-0.3, -0.25) is 0 Å². The third-order valence-electron chi connectivity index (χ3n) is 2.60. The van der Waals surface area contributed by atoms with E-state index in [1.165, 1.54) is 11.3 Å². The van der Waals surface area contributed by atoms with Crippen molar-refractivity contribution in [1.82, 2.24) is 9.55 Å². The van der Waals surface area contributed by atoms with Crippen molar-refractivity contribution in [2.45, 2.75) is 26.3 Å². The van der Waals surface area contributed by atoms with Crippen LogP contribution in [-0.4, -0.2) is 15.6 Å². The summed E-state index contributed by atoms with van der Waals surface area (Å²) in [5, 5.41) is 0. The van der Waals surface area contributed by atoms with Crippen LogP contribution < -0.4 is 5.73 Å². The highest BCUT2D eigenvalue weighted by molar-refractivity contribution is 5.41. The van der Waals surface area contributed by atoms with E-state index >= 15 is 0 Å². The van der Waals surface area contributed by atoms with Crippen LogP contribution >= 0.6 is 0 Å². The van der Waals surface area contributed by atoms with Crippen molar-refractivity contribution in [2.24, 2.45) is 5.73 Å². The van der Waals surface area contributed by atoms with Gasteiger partial charge in [-0.15, -0.1) is 0 Å². The molecule has 3 heteroatoms. The molecule has 1 heterocycles. The van der Waals surface area contributed by atoms with Crippen molar-refractivity contribution >= 4 is 0 Å². The minimum Gasteiger partial charge on any atom is -0.328 e. The average molecular weight is 215 g/mol. The fourth-order valence-corrected chi connectivity index (χ4v) is 1.83. The first kappa shape index (κ1) is 10.9. The lowest BCUT2D eigenvalue weighted by atomic mass is 10.2. The molecule has 0 saturated carbocycles. The molecule has 0 spiro atoms. The van der Waals surface area contributed by atoms with E-state index in [4.69, 9.17) is 5.73 Å². The largest absolute Gasteiger partial charge is 0.328 e. The quantitative estimate of drug-likeness (QED) is 0.851. The van der Waals surface area contributed by atoms with Crippen molar-refractivity contribution in [1.29, 1.82) is 0 Å². The molecule has 0 bridgehead atoms.